The Morgan fingerprint density at radius 1 is 1.06 bits per heavy atom. The van der Waals surface area contributed by atoms with Gasteiger partial charge in [0.2, 0.25) is 0 Å². The average molecular weight is 464 g/mol. The summed E-state index contributed by atoms with van der Waals surface area (Å²) in [7, 11) is 1.92. The first kappa shape index (κ1) is 22.9. The van der Waals surface area contributed by atoms with Crippen molar-refractivity contribution in [2.24, 2.45) is 0 Å². The number of rotatable bonds is 2. The molecule has 1 fully saturated rings. The average Bonchev–Trinajstić information content (AvgIpc) is 2.71. The number of nitrogens with zero attached hydrogens (tertiary/aromatic N) is 2. The van der Waals surface area contributed by atoms with Crippen LogP contribution in [-0.2, 0) is 9.59 Å². The number of allylic oxidation sites excluding steroid dienone is 1. The molecule has 5 nitrogen and oxygen atoms in total. The van der Waals surface area contributed by atoms with Gasteiger partial charge in [-0.25, -0.2) is 4.39 Å². The van der Waals surface area contributed by atoms with Gasteiger partial charge in [0.25, 0.3) is 11.8 Å². The van der Waals surface area contributed by atoms with E-state index in [0.29, 0.717) is 5.69 Å². The van der Waals surface area contributed by atoms with E-state index < -0.39 is 17.6 Å². The van der Waals surface area contributed by atoms with Gasteiger partial charge in [-0.1, -0.05) is 23.8 Å². The molecule has 7 heteroatoms. The van der Waals surface area contributed by atoms with Crippen molar-refractivity contribution in [3.8, 4) is 0 Å². The number of carbonyl (C=O) groups excluding carboxylic acids is 2. The first-order valence-electron chi connectivity index (χ1n) is 10.7. The molecule has 2 aliphatic heterocycles. The van der Waals surface area contributed by atoms with Gasteiger partial charge in [-0.3, -0.25) is 19.8 Å². The minimum atomic E-state index is -0.645. The van der Waals surface area contributed by atoms with Gasteiger partial charge in [-0.2, -0.15) is 0 Å². The van der Waals surface area contributed by atoms with E-state index in [-0.39, 0.29) is 21.8 Å². The minimum absolute atomic E-state index is 0.00245. The maximum absolute atomic E-state index is 15.2. The Kier molecular flexibility index (Phi) is 5.48. The van der Waals surface area contributed by atoms with E-state index >= 15 is 4.39 Å². The van der Waals surface area contributed by atoms with Gasteiger partial charge in [0.05, 0.1) is 11.2 Å². The predicted octanol–water partition coefficient (Wildman–Crippen LogP) is 4.91. The van der Waals surface area contributed by atoms with Crippen LogP contribution in [0.3, 0.4) is 0 Å². The van der Waals surface area contributed by atoms with Crippen LogP contribution in [0.5, 0.6) is 0 Å². The highest BCUT2D eigenvalue weighted by Crippen LogP contribution is 2.39. The number of thiocarbonyl (C=S) groups is 1. The van der Waals surface area contributed by atoms with Gasteiger partial charge in [0.1, 0.15) is 11.4 Å². The van der Waals surface area contributed by atoms with Crippen LogP contribution in [0.2, 0.25) is 0 Å². The third-order valence-electron chi connectivity index (χ3n) is 6.33. The molecule has 0 unspecified atom stereocenters. The summed E-state index contributed by atoms with van der Waals surface area (Å²) in [5.74, 6) is -1.74. The molecule has 2 heterocycles. The van der Waals surface area contributed by atoms with Gasteiger partial charge in [0, 0.05) is 23.9 Å². The molecule has 0 atom stereocenters. The number of amides is 2. The minimum Gasteiger partial charge on any atom is -0.365 e. The van der Waals surface area contributed by atoms with Crippen molar-refractivity contribution in [2.75, 3.05) is 16.8 Å². The van der Waals surface area contributed by atoms with E-state index in [9.17, 15) is 9.59 Å². The van der Waals surface area contributed by atoms with Crippen LogP contribution in [0.4, 0.5) is 15.8 Å². The van der Waals surface area contributed by atoms with Crippen molar-refractivity contribution in [3.63, 3.8) is 0 Å². The van der Waals surface area contributed by atoms with Crippen LogP contribution in [0.25, 0.3) is 11.6 Å². The number of halogens is 1. The van der Waals surface area contributed by atoms with Crippen molar-refractivity contribution >= 4 is 52.2 Å². The van der Waals surface area contributed by atoms with Gasteiger partial charge in [-0.05, 0) is 82.2 Å². The molecular weight excluding hydrogens is 437 g/mol. The third-order valence-corrected chi connectivity index (χ3v) is 6.61. The monoisotopic (exact) mass is 463 g/mol. The number of anilines is 2. The van der Waals surface area contributed by atoms with E-state index in [0.717, 1.165) is 28.0 Å². The Labute approximate surface area is 198 Å². The van der Waals surface area contributed by atoms with Crippen LogP contribution in [-0.4, -0.2) is 29.5 Å². The maximum atomic E-state index is 15.2. The highest BCUT2D eigenvalue weighted by molar-refractivity contribution is 7.80. The van der Waals surface area contributed by atoms with Crippen LogP contribution in [0, 0.1) is 19.7 Å². The summed E-state index contributed by atoms with van der Waals surface area (Å²) in [4.78, 5) is 29.3. The van der Waals surface area contributed by atoms with Crippen LogP contribution >= 0.6 is 12.2 Å². The second kappa shape index (κ2) is 7.92. The second-order valence-corrected chi connectivity index (χ2v) is 9.57. The standard InChI is InChI=1S/C26H26FN3O2S/c1-14-7-8-21(15(2)9-14)30-24(32)19(23(31)28-25(30)33)11-17-10-18-16(3)13-26(4,5)29(6)22(18)12-20(17)27/h7-13H,1-6H3,(H,28,31,33)/b19-11-. The molecule has 1 N–H and O–H groups in total. The lowest BCUT2D eigenvalue weighted by Crippen LogP contribution is -2.54. The molecule has 0 spiro atoms. The quantitative estimate of drug-likeness (QED) is 0.391. The Bertz CT molecular complexity index is 1290. The van der Waals surface area contributed by atoms with Crippen molar-refractivity contribution in [3.05, 3.63) is 70.1 Å². The summed E-state index contributed by atoms with van der Waals surface area (Å²) in [6.45, 7) is 9.91. The van der Waals surface area contributed by atoms with Crippen LogP contribution < -0.4 is 15.1 Å². The van der Waals surface area contributed by atoms with Gasteiger partial charge in [-0.15, -0.1) is 0 Å². The van der Waals surface area contributed by atoms with Crippen molar-refractivity contribution in [1.82, 2.24) is 5.32 Å². The molecule has 2 aromatic carbocycles. The van der Waals surface area contributed by atoms with Crippen LogP contribution in [0.1, 0.15) is 43.0 Å². The second-order valence-electron chi connectivity index (χ2n) is 9.18. The zero-order valence-electron chi connectivity index (χ0n) is 19.5. The number of hydrogen-bond donors (Lipinski definition) is 1. The summed E-state index contributed by atoms with van der Waals surface area (Å²) >= 11 is 5.29. The molecule has 0 aromatic heterocycles. The summed E-state index contributed by atoms with van der Waals surface area (Å²) in [6.07, 6.45) is 3.42. The molecule has 0 radical (unpaired) electrons. The number of nitrogens with one attached hydrogen (secondary N) is 1. The maximum Gasteiger partial charge on any atom is 0.270 e. The van der Waals surface area contributed by atoms with Gasteiger partial charge < -0.3 is 4.90 Å². The van der Waals surface area contributed by atoms with Crippen LogP contribution in [0.15, 0.2) is 42.0 Å². The number of benzene rings is 2. The third kappa shape index (κ3) is 3.86. The molecule has 2 aromatic rings. The first-order chi connectivity index (χ1) is 15.4. The zero-order valence-corrected chi connectivity index (χ0v) is 20.4. The molecular formula is C26H26FN3O2S. The topological polar surface area (TPSA) is 52.7 Å². The summed E-state index contributed by atoms with van der Waals surface area (Å²) < 4.78 is 15.2. The molecule has 1 saturated heterocycles. The molecule has 2 amide bonds. The molecule has 2 aliphatic rings. The highest BCUT2D eigenvalue weighted by atomic mass is 32.1. The normalized spacial score (nSPS) is 18.9. The van der Waals surface area contributed by atoms with Gasteiger partial charge in [0.15, 0.2) is 5.11 Å². The molecule has 0 aliphatic carbocycles. The Morgan fingerprint density at radius 2 is 1.76 bits per heavy atom. The smallest absolute Gasteiger partial charge is 0.270 e. The summed E-state index contributed by atoms with van der Waals surface area (Å²) in [5.41, 5.74) is 4.82. The summed E-state index contributed by atoms with van der Waals surface area (Å²) in [5, 5.41) is 2.57. The van der Waals surface area contributed by atoms with E-state index in [1.165, 1.54) is 17.0 Å². The Morgan fingerprint density at radius 3 is 2.42 bits per heavy atom. The largest absolute Gasteiger partial charge is 0.365 e. The van der Waals surface area contributed by atoms with Crippen molar-refractivity contribution < 1.29 is 14.0 Å². The first-order valence-corrected chi connectivity index (χ1v) is 11.1. The highest BCUT2D eigenvalue weighted by Gasteiger charge is 2.36. The number of likely N-dealkylation sites (N-methyl/N-ethyl adjacent to an activating group) is 1. The van der Waals surface area contributed by atoms with Crippen molar-refractivity contribution in [2.45, 2.75) is 40.2 Å². The molecule has 170 valence electrons. The fourth-order valence-electron chi connectivity index (χ4n) is 4.39. The Balaban J connectivity index is 1.80. The van der Waals surface area contributed by atoms with E-state index in [2.05, 4.69) is 25.2 Å². The molecule has 33 heavy (non-hydrogen) atoms. The lowest BCUT2D eigenvalue weighted by atomic mass is 9.88. The number of aryl methyl sites for hydroxylation is 2. The van der Waals surface area contributed by atoms with Crippen molar-refractivity contribution in [1.29, 1.82) is 0 Å². The molecule has 0 saturated carbocycles. The predicted molar refractivity (Wildman–Crippen MR) is 135 cm³/mol. The lowest BCUT2D eigenvalue weighted by molar-refractivity contribution is -0.122. The van der Waals surface area contributed by atoms with E-state index in [1.54, 1.807) is 12.1 Å². The summed E-state index contributed by atoms with van der Waals surface area (Å²) in [6, 6.07) is 8.73. The number of fused-ring (bicyclic) bond motifs is 1. The number of carbonyl (C=O) groups is 2. The van der Waals surface area contributed by atoms with Gasteiger partial charge >= 0.3 is 0 Å². The van der Waals surface area contributed by atoms with E-state index in [1.807, 2.05) is 44.9 Å². The number of hydrogen-bond acceptors (Lipinski definition) is 4. The molecule has 0 bridgehead atoms. The fraction of sp³-hybridized carbons (Fsp3) is 0.269. The SMILES string of the molecule is CC1=CC(C)(C)N(C)c2cc(F)c(/C=C3/C(=O)NC(=S)N(c4ccc(C)cc4C)C3=O)cc21. The van der Waals surface area contributed by atoms with E-state index in [4.69, 9.17) is 12.2 Å². The Hall–Kier alpha value is -3.32. The fourth-order valence-corrected chi connectivity index (χ4v) is 4.66. The zero-order chi connectivity index (χ0) is 24.2. The molecule has 4 rings (SSSR count). The lowest BCUT2D eigenvalue weighted by Gasteiger charge is -2.40.